The molecule has 104 valence electrons. The molecule has 0 aromatic carbocycles. The summed E-state index contributed by atoms with van der Waals surface area (Å²) in [4.78, 5) is 11.9. The number of aliphatic hydroxyl groups excluding tert-OH is 1. The highest BCUT2D eigenvalue weighted by atomic mass is 16.6. The van der Waals surface area contributed by atoms with Crippen LogP contribution in [0.4, 0.5) is 0 Å². The summed E-state index contributed by atoms with van der Waals surface area (Å²) in [5, 5.41) is 9.49. The Balaban J connectivity index is 1.91. The Morgan fingerprint density at radius 2 is 1.83 bits per heavy atom. The van der Waals surface area contributed by atoms with Gasteiger partial charge in [0.25, 0.3) is 0 Å². The number of esters is 1. The molecule has 0 heterocycles. The van der Waals surface area contributed by atoms with Gasteiger partial charge in [0.15, 0.2) is 0 Å². The molecule has 0 radical (unpaired) electrons. The monoisotopic (exact) mass is 254 g/mol. The molecule has 2 rings (SSSR count). The lowest BCUT2D eigenvalue weighted by Crippen LogP contribution is -2.24. The third-order valence-electron chi connectivity index (χ3n) is 4.64. The molecule has 0 aromatic rings. The Morgan fingerprint density at radius 1 is 1.22 bits per heavy atom. The van der Waals surface area contributed by atoms with E-state index in [1.54, 1.807) is 0 Å². The van der Waals surface area contributed by atoms with Gasteiger partial charge in [-0.2, -0.15) is 0 Å². The lowest BCUT2D eigenvalue weighted by atomic mass is 9.83. The number of hydrogen-bond donors (Lipinski definition) is 1. The molecule has 2 saturated carbocycles. The van der Waals surface area contributed by atoms with Crippen LogP contribution in [-0.4, -0.2) is 23.3 Å². The molecule has 2 fully saturated rings. The van der Waals surface area contributed by atoms with Crippen LogP contribution in [0, 0.1) is 17.3 Å². The zero-order valence-corrected chi connectivity index (χ0v) is 11.9. The zero-order chi connectivity index (χ0) is 13.4. The molecule has 3 nitrogen and oxygen atoms in total. The van der Waals surface area contributed by atoms with Crippen molar-refractivity contribution in [3.05, 3.63) is 0 Å². The van der Waals surface area contributed by atoms with Crippen molar-refractivity contribution < 1.29 is 14.6 Å². The molecule has 1 N–H and O–H groups in total. The average molecular weight is 254 g/mol. The van der Waals surface area contributed by atoms with E-state index in [2.05, 4.69) is 0 Å². The quantitative estimate of drug-likeness (QED) is 0.788. The maximum absolute atomic E-state index is 11.9. The second-order valence-electron chi connectivity index (χ2n) is 6.98. The van der Waals surface area contributed by atoms with Gasteiger partial charge in [0.05, 0.1) is 0 Å². The van der Waals surface area contributed by atoms with E-state index < -0.39 is 5.60 Å². The maximum Gasteiger partial charge on any atom is 0.306 e. The number of aliphatic hydroxyl groups is 1. The highest BCUT2D eigenvalue weighted by Gasteiger charge is 2.63. The fraction of sp³-hybridized carbons (Fsp3) is 0.933. The third-order valence-corrected chi connectivity index (χ3v) is 4.64. The summed E-state index contributed by atoms with van der Waals surface area (Å²) < 4.78 is 5.39. The van der Waals surface area contributed by atoms with E-state index >= 15 is 0 Å². The van der Waals surface area contributed by atoms with Crippen molar-refractivity contribution in [1.82, 2.24) is 0 Å². The predicted octanol–water partition coefficient (Wildman–Crippen LogP) is 2.91. The smallest absolute Gasteiger partial charge is 0.306 e. The van der Waals surface area contributed by atoms with Crippen LogP contribution in [0.1, 0.15) is 59.3 Å². The van der Waals surface area contributed by atoms with Crippen molar-refractivity contribution in [3.63, 3.8) is 0 Å². The van der Waals surface area contributed by atoms with E-state index in [9.17, 15) is 9.90 Å². The van der Waals surface area contributed by atoms with E-state index in [1.807, 2.05) is 20.8 Å². The molecular formula is C15H26O3. The number of carbonyl (C=O) groups excluding carboxylic acids is 1. The number of rotatable bonds is 3. The van der Waals surface area contributed by atoms with Crippen LogP contribution in [0.15, 0.2) is 0 Å². The van der Waals surface area contributed by atoms with Crippen molar-refractivity contribution >= 4 is 5.97 Å². The second-order valence-corrected chi connectivity index (χ2v) is 6.98. The minimum atomic E-state index is -0.402. The molecular weight excluding hydrogens is 228 g/mol. The summed E-state index contributed by atoms with van der Waals surface area (Å²) in [6.45, 7) is 5.93. The molecule has 0 amide bonds. The molecule has 2 aliphatic rings. The molecule has 0 aromatic heterocycles. The fourth-order valence-electron chi connectivity index (χ4n) is 3.84. The maximum atomic E-state index is 11.9. The summed E-state index contributed by atoms with van der Waals surface area (Å²) >= 11 is 0. The summed E-state index contributed by atoms with van der Waals surface area (Å²) in [5.41, 5.74) is -0.135. The minimum absolute atomic E-state index is 0.103. The van der Waals surface area contributed by atoms with E-state index in [0.29, 0.717) is 18.3 Å². The van der Waals surface area contributed by atoms with Crippen molar-refractivity contribution in [1.29, 1.82) is 0 Å². The number of ether oxygens (including phenoxy) is 1. The van der Waals surface area contributed by atoms with E-state index in [4.69, 9.17) is 4.74 Å². The molecule has 1 spiro atoms. The molecule has 2 aliphatic carbocycles. The first kappa shape index (κ1) is 13.9. The van der Waals surface area contributed by atoms with Crippen molar-refractivity contribution in [2.75, 3.05) is 6.61 Å². The van der Waals surface area contributed by atoms with Gasteiger partial charge in [-0.1, -0.05) is 19.3 Å². The summed E-state index contributed by atoms with van der Waals surface area (Å²) in [6, 6.07) is 0. The van der Waals surface area contributed by atoms with Crippen LogP contribution in [0.25, 0.3) is 0 Å². The minimum Gasteiger partial charge on any atom is -0.460 e. The molecule has 0 unspecified atom stereocenters. The van der Waals surface area contributed by atoms with E-state index in [1.165, 1.54) is 32.1 Å². The van der Waals surface area contributed by atoms with Gasteiger partial charge >= 0.3 is 5.97 Å². The molecule has 0 bridgehead atoms. The molecule has 0 saturated heterocycles. The Kier molecular flexibility index (Phi) is 3.72. The first-order chi connectivity index (χ1) is 8.39. The van der Waals surface area contributed by atoms with Crippen LogP contribution in [0.2, 0.25) is 0 Å². The Bertz CT molecular complexity index is 310. The molecule has 18 heavy (non-hydrogen) atoms. The predicted molar refractivity (Wildman–Crippen MR) is 70.0 cm³/mol. The van der Waals surface area contributed by atoms with Crippen LogP contribution < -0.4 is 0 Å². The van der Waals surface area contributed by atoms with Gasteiger partial charge in [-0.05, 0) is 50.9 Å². The first-order valence-corrected chi connectivity index (χ1v) is 7.22. The van der Waals surface area contributed by atoms with E-state index in [-0.39, 0.29) is 18.0 Å². The van der Waals surface area contributed by atoms with Crippen LogP contribution >= 0.6 is 0 Å². The SMILES string of the molecule is CC(C)(C)OC(=O)C[C@H]1[C@H](CO)C12CCCCC2. The van der Waals surface area contributed by atoms with Gasteiger partial charge < -0.3 is 9.84 Å². The third kappa shape index (κ3) is 2.71. The van der Waals surface area contributed by atoms with Crippen LogP contribution in [-0.2, 0) is 9.53 Å². The molecule has 3 heteroatoms. The number of carbonyl (C=O) groups is 1. The Labute approximate surface area is 110 Å². The van der Waals surface area contributed by atoms with Gasteiger partial charge in [-0.15, -0.1) is 0 Å². The molecule has 2 atom stereocenters. The summed E-state index contributed by atoms with van der Waals surface area (Å²) in [7, 11) is 0. The van der Waals surface area contributed by atoms with Gasteiger partial charge in [0.1, 0.15) is 5.60 Å². The normalized spacial score (nSPS) is 30.2. The Hall–Kier alpha value is -0.570. The van der Waals surface area contributed by atoms with Crippen molar-refractivity contribution in [3.8, 4) is 0 Å². The second kappa shape index (κ2) is 4.84. The van der Waals surface area contributed by atoms with Crippen molar-refractivity contribution in [2.45, 2.75) is 64.9 Å². The topological polar surface area (TPSA) is 46.5 Å². The largest absolute Gasteiger partial charge is 0.460 e. The summed E-state index contributed by atoms with van der Waals surface area (Å²) in [6.07, 6.45) is 6.67. The standard InChI is InChI=1S/C15H26O3/c1-14(2,3)18-13(17)9-11-12(10-16)15(11)7-5-4-6-8-15/h11-12,16H,4-10H2,1-3H3/t11-,12-/m0/s1. The van der Waals surface area contributed by atoms with Gasteiger partial charge in [-0.25, -0.2) is 0 Å². The summed E-state index contributed by atoms with van der Waals surface area (Å²) in [5.74, 6) is 0.594. The molecule has 0 aliphatic heterocycles. The zero-order valence-electron chi connectivity index (χ0n) is 11.9. The van der Waals surface area contributed by atoms with Crippen LogP contribution in [0.3, 0.4) is 0 Å². The fourth-order valence-corrected chi connectivity index (χ4v) is 3.84. The highest BCUT2D eigenvalue weighted by Crippen LogP contribution is 2.67. The van der Waals surface area contributed by atoms with Gasteiger partial charge in [0, 0.05) is 13.0 Å². The lowest BCUT2D eigenvalue weighted by Gasteiger charge is -2.24. The van der Waals surface area contributed by atoms with Gasteiger partial charge in [-0.3, -0.25) is 4.79 Å². The average Bonchev–Trinajstić information content (AvgIpc) is 2.82. The van der Waals surface area contributed by atoms with Gasteiger partial charge in [0.2, 0.25) is 0 Å². The Morgan fingerprint density at radius 3 is 2.33 bits per heavy atom. The van der Waals surface area contributed by atoms with E-state index in [0.717, 1.165) is 0 Å². The highest BCUT2D eigenvalue weighted by molar-refractivity contribution is 5.71. The van der Waals surface area contributed by atoms with Crippen molar-refractivity contribution in [2.24, 2.45) is 17.3 Å². The number of hydrogen-bond acceptors (Lipinski definition) is 3. The first-order valence-electron chi connectivity index (χ1n) is 7.22. The lowest BCUT2D eigenvalue weighted by molar-refractivity contribution is -0.155. The van der Waals surface area contributed by atoms with Crippen LogP contribution in [0.5, 0.6) is 0 Å².